The molecule has 0 amide bonds. The molecule has 4 aromatic rings. The van der Waals surface area contributed by atoms with E-state index in [0.29, 0.717) is 21.6 Å². The Morgan fingerprint density at radius 1 is 1.29 bits per heavy atom. The van der Waals surface area contributed by atoms with Gasteiger partial charge >= 0.3 is 11.6 Å². The first-order valence-electron chi connectivity index (χ1n) is 10.2. The number of carbonyl (C=O) groups is 1. The molecule has 0 bridgehead atoms. The zero-order valence-electron chi connectivity index (χ0n) is 18.2. The lowest BCUT2D eigenvalue weighted by Gasteiger charge is -2.04. The van der Waals surface area contributed by atoms with Crippen LogP contribution in [-0.2, 0) is 4.74 Å². The number of esters is 1. The molecular formula is C24H16N4O6S. The number of benzene rings is 2. The van der Waals surface area contributed by atoms with Crippen LogP contribution >= 0.6 is 11.3 Å². The molecule has 1 N–H and O–H groups in total. The molecule has 0 unspecified atom stereocenters. The average Bonchev–Trinajstić information content (AvgIpc) is 3.34. The summed E-state index contributed by atoms with van der Waals surface area (Å²) < 4.78 is 10.2. The zero-order chi connectivity index (χ0) is 24.9. The third-order valence-electron chi connectivity index (χ3n) is 4.84. The van der Waals surface area contributed by atoms with E-state index in [1.807, 2.05) is 0 Å². The Balaban J connectivity index is 1.58. The molecule has 174 valence electrons. The van der Waals surface area contributed by atoms with Gasteiger partial charge in [0.2, 0.25) is 0 Å². The number of ether oxygens (including phenoxy) is 1. The van der Waals surface area contributed by atoms with E-state index in [0.717, 1.165) is 11.3 Å². The fraction of sp³-hybridized carbons (Fsp3) is 0.0833. The lowest BCUT2D eigenvalue weighted by molar-refractivity contribution is -0.384. The van der Waals surface area contributed by atoms with Crippen molar-refractivity contribution in [1.82, 2.24) is 4.98 Å². The van der Waals surface area contributed by atoms with Gasteiger partial charge in [0.1, 0.15) is 22.2 Å². The van der Waals surface area contributed by atoms with E-state index in [-0.39, 0.29) is 34.7 Å². The molecule has 0 spiro atoms. The molecule has 11 heteroatoms. The normalized spacial score (nSPS) is 11.1. The van der Waals surface area contributed by atoms with E-state index in [4.69, 9.17) is 9.15 Å². The second-order valence-corrected chi connectivity index (χ2v) is 7.93. The summed E-state index contributed by atoms with van der Waals surface area (Å²) in [6, 6.07) is 14.0. The maximum atomic E-state index is 12.5. The summed E-state index contributed by atoms with van der Waals surface area (Å²) in [6.45, 7) is 2.01. The van der Waals surface area contributed by atoms with Crippen LogP contribution in [0.5, 0.6) is 0 Å². The molecule has 0 atom stereocenters. The lowest BCUT2D eigenvalue weighted by atomic mass is 10.1. The van der Waals surface area contributed by atoms with Gasteiger partial charge in [0.15, 0.2) is 0 Å². The van der Waals surface area contributed by atoms with Crippen molar-refractivity contribution >= 4 is 45.2 Å². The summed E-state index contributed by atoms with van der Waals surface area (Å²) >= 11 is 1.15. The van der Waals surface area contributed by atoms with E-state index < -0.39 is 16.5 Å². The number of hydrogen-bond acceptors (Lipinski definition) is 10. The summed E-state index contributed by atoms with van der Waals surface area (Å²) in [7, 11) is 0. The Hall–Kier alpha value is -4.82. The maximum absolute atomic E-state index is 12.5. The van der Waals surface area contributed by atoms with Crippen LogP contribution in [0, 0.1) is 21.4 Å². The predicted octanol–water partition coefficient (Wildman–Crippen LogP) is 4.98. The molecule has 4 rings (SSSR count). The van der Waals surface area contributed by atoms with Crippen LogP contribution in [0.1, 0.15) is 22.3 Å². The number of rotatable bonds is 7. The minimum absolute atomic E-state index is 0.125. The fourth-order valence-electron chi connectivity index (χ4n) is 3.14. The Bertz CT molecular complexity index is 1560. The van der Waals surface area contributed by atoms with Gasteiger partial charge in [0.05, 0.1) is 28.4 Å². The largest absolute Gasteiger partial charge is 0.462 e. The van der Waals surface area contributed by atoms with Gasteiger partial charge in [-0.2, -0.15) is 5.26 Å². The molecule has 35 heavy (non-hydrogen) atoms. The van der Waals surface area contributed by atoms with Crippen LogP contribution in [0.4, 0.5) is 11.4 Å². The van der Waals surface area contributed by atoms with Crippen LogP contribution in [0.15, 0.2) is 69.3 Å². The van der Waals surface area contributed by atoms with Crippen molar-refractivity contribution in [1.29, 1.82) is 5.26 Å². The Morgan fingerprint density at radius 3 is 2.74 bits per heavy atom. The molecule has 0 aliphatic rings. The highest BCUT2D eigenvalue weighted by Gasteiger charge is 2.15. The van der Waals surface area contributed by atoms with Crippen molar-refractivity contribution in [2.45, 2.75) is 6.92 Å². The quantitative estimate of drug-likeness (QED) is 0.125. The van der Waals surface area contributed by atoms with Gasteiger partial charge in [0.25, 0.3) is 5.69 Å². The SMILES string of the molecule is CCOC(=O)c1ccc(NC=C(C#N)c2nc(-c3cc4cc([N+](=O)[O-])ccc4oc3=O)cs2)cc1. The van der Waals surface area contributed by atoms with Gasteiger partial charge in [0, 0.05) is 34.8 Å². The second kappa shape index (κ2) is 9.98. The van der Waals surface area contributed by atoms with Crippen LogP contribution in [0.2, 0.25) is 0 Å². The fourth-order valence-corrected chi connectivity index (χ4v) is 3.92. The number of carbonyl (C=O) groups excluding carboxylic acids is 1. The first-order valence-corrected chi connectivity index (χ1v) is 11.1. The smallest absolute Gasteiger partial charge is 0.345 e. The topological polar surface area (TPSA) is 148 Å². The van der Waals surface area contributed by atoms with Gasteiger partial charge in [-0.05, 0) is 43.3 Å². The van der Waals surface area contributed by atoms with Gasteiger partial charge in [-0.25, -0.2) is 14.6 Å². The molecular weight excluding hydrogens is 472 g/mol. The van der Waals surface area contributed by atoms with Gasteiger partial charge in [-0.15, -0.1) is 11.3 Å². The van der Waals surface area contributed by atoms with Crippen LogP contribution < -0.4 is 10.9 Å². The van der Waals surface area contributed by atoms with Gasteiger partial charge < -0.3 is 14.5 Å². The zero-order valence-corrected chi connectivity index (χ0v) is 19.0. The lowest BCUT2D eigenvalue weighted by Crippen LogP contribution is -2.04. The molecule has 0 fully saturated rings. The summed E-state index contributed by atoms with van der Waals surface area (Å²) in [4.78, 5) is 39.1. The number of nitro benzene ring substituents is 1. The molecule has 2 heterocycles. The molecule has 0 saturated heterocycles. The standard InChI is InChI=1S/C24H16N4O6S/c1-2-33-23(29)14-3-5-17(6-4-14)26-12-16(11-25)22-27-20(13-35-22)19-10-15-9-18(28(31)32)7-8-21(15)34-24(19)30/h3-10,12-13,26H,2H2,1H3. The highest BCUT2D eigenvalue weighted by molar-refractivity contribution is 7.11. The highest BCUT2D eigenvalue weighted by atomic mass is 32.1. The summed E-state index contributed by atoms with van der Waals surface area (Å²) in [5.41, 5.74) is 1.11. The molecule has 0 aliphatic heterocycles. The molecule has 10 nitrogen and oxygen atoms in total. The first kappa shape index (κ1) is 23.3. The minimum atomic E-state index is -0.648. The minimum Gasteiger partial charge on any atom is -0.462 e. The molecule has 0 radical (unpaired) electrons. The van der Waals surface area contributed by atoms with E-state index >= 15 is 0 Å². The van der Waals surface area contributed by atoms with Crippen molar-refractivity contribution < 1.29 is 18.9 Å². The number of aromatic nitrogens is 1. The Morgan fingerprint density at radius 2 is 2.06 bits per heavy atom. The molecule has 2 aromatic carbocycles. The number of thiazole rings is 1. The van der Waals surface area contributed by atoms with E-state index in [1.165, 1.54) is 30.5 Å². The second-order valence-electron chi connectivity index (χ2n) is 7.08. The van der Waals surface area contributed by atoms with E-state index in [2.05, 4.69) is 16.4 Å². The monoisotopic (exact) mass is 488 g/mol. The van der Waals surface area contributed by atoms with Crippen molar-refractivity contribution in [2.75, 3.05) is 11.9 Å². The summed E-state index contributed by atoms with van der Waals surface area (Å²) in [5, 5.41) is 26.0. The number of allylic oxidation sites excluding steroid dienone is 1. The number of nitrogens with one attached hydrogen (secondary N) is 1. The molecule has 2 aromatic heterocycles. The maximum Gasteiger partial charge on any atom is 0.345 e. The van der Waals surface area contributed by atoms with Crippen LogP contribution in [-0.4, -0.2) is 22.5 Å². The van der Waals surface area contributed by atoms with Crippen molar-refractivity contribution in [3.05, 3.63) is 91.2 Å². The molecule has 0 aliphatic carbocycles. The number of anilines is 1. The number of fused-ring (bicyclic) bond motifs is 1. The molecule has 0 saturated carbocycles. The number of nitriles is 1. The Labute approximate surface area is 201 Å². The van der Waals surface area contributed by atoms with E-state index in [1.54, 1.807) is 36.6 Å². The third-order valence-corrected chi connectivity index (χ3v) is 5.71. The summed E-state index contributed by atoms with van der Waals surface area (Å²) in [6.07, 6.45) is 1.47. The summed E-state index contributed by atoms with van der Waals surface area (Å²) in [5.74, 6) is -0.421. The van der Waals surface area contributed by atoms with Crippen molar-refractivity contribution in [3.8, 4) is 17.3 Å². The highest BCUT2D eigenvalue weighted by Crippen LogP contribution is 2.28. The number of hydrogen-bond donors (Lipinski definition) is 1. The first-order chi connectivity index (χ1) is 16.9. The van der Waals surface area contributed by atoms with Crippen LogP contribution in [0.3, 0.4) is 0 Å². The Kier molecular flexibility index (Phi) is 6.66. The van der Waals surface area contributed by atoms with Crippen molar-refractivity contribution in [3.63, 3.8) is 0 Å². The van der Waals surface area contributed by atoms with Crippen molar-refractivity contribution in [2.24, 2.45) is 0 Å². The van der Waals surface area contributed by atoms with Crippen LogP contribution in [0.25, 0.3) is 27.8 Å². The van der Waals surface area contributed by atoms with E-state index in [9.17, 15) is 25.0 Å². The third kappa shape index (κ3) is 5.07. The van der Waals surface area contributed by atoms with Gasteiger partial charge in [-0.3, -0.25) is 10.1 Å². The average molecular weight is 488 g/mol. The number of nitro groups is 1. The number of nitrogens with zero attached hydrogens (tertiary/aromatic N) is 3. The predicted molar refractivity (Wildman–Crippen MR) is 130 cm³/mol. The van der Waals surface area contributed by atoms with Gasteiger partial charge in [-0.1, -0.05) is 0 Å². The number of non-ortho nitro benzene ring substituents is 1.